The molecule has 1 aliphatic rings. The highest BCUT2D eigenvalue weighted by Gasteiger charge is 2.75. The molecule has 1 amide bonds. The number of rotatable bonds is 5. The second-order valence-electron chi connectivity index (χ2n) is 6.55. The van der Waals surface area contributed by atoms with Crippen LogP contribution in [0.2, 0.25) is 10.0 Å². The highest BCUT2D eigenvalue weighted by atomic mass is 35.5. The molecule has 0 aliphatic carbocycles. The molecule has 0 fully saturated rings. The van der Waals surface area contributed by atoms with Crippen LogP contribution in [0.25, 0.3) is 0 Å². The number of amides is 1. The Morgan fingerprint density at radius 3 is 2.35 bits per heavy atom. The summed E-state index contributed by atoms with van der Waals surface area (Å²) in [6.07, 6.45) is -7.40. The Bertz CT molecular complexity index is 1020. The van der Waals surface area contributed by atoms with Gasteiger partial charge < -0.3 is 9.84 Å². The largest absolute Gasteiger partial charge is 0.482 e. The van der Waals surface area contributed by atoms with Crippen molar-refractivity contribution in [1.82, 2.24) is 5.01 Å². The van der Waals surface area contributed by atoms with Crippen molar-refractivity contribution in [3.8, 4) is 5.75 Å². The van der Waals surface area contributed by atoms with Crippen LogP contribution in [0, 0.1) is 0 Å². The van der Waals surface area contributed by atoms with Gasteiger partial charge in [-0.1, -0.05) is 53.5 Å². The standard InChI is InChI=1S/C19H13Cl2F5N2O3/c20-12-6-7-15(13(21)8-12)31-10-16(29)28-17(30,18(22,23)19(24,25)26)9-14(27-28)11-4-2-1-3-5-11/h1-8,30H,9-10H2/t17-/m0/s1. The van der Waals surface area contributed by atoms with Crippen LogP contribution >= 0.6 is 23.2 Å². The fourth-order valence-electron chi connectivity index (χ4n) is 2.86. The number of benzene rings is 2. The van der Waals surface area contributed by atoms with E-state index in [0.29, 0.717) is 0 Å². The number of ether oxygens (including phenoxy) is 1. The van der Waals surface area contributed by atoms with Crippen LogP contribution in [0.3, 0.4) is 0 Å². The molecule has 2 aromatic carbocycles. The van der Waals surface area contributed by atoms with Crippen molar-refractivity contribution in [2.24, 2.45) is 5.10 Å². The molecule has 0 saturated carbocycles. The first-order chi connectivity index (χ1) is 14.4. The summed E-state index contributed by atoms with van der Waals surface area (Å²) in [5, 5.41) is 13.9. The molecule has 0 unspecified atom stereocenters. The van der Waals surface area contributed by atoms with E-state index in [1.807, 2.05) is 0 Å². The Morgan fingerprint density at radius 2 is 1.77 bits per heavy atom. The van der Waals surface area contributed by atoms with Crippen molar-refractivity contribution in [3.63, 3.8) is 0 Å². The van der Waals surface area contributed by atoms with Gasteiger partial charge in [0, 0.05) is 11.4 Å². The topological polar surface area (TPSA) is 62.1 Å². The third-order valence-corrected chi connectivity index (χ3v) is 4.96. The van der Waals surface area contributed by atoms with Crippen molar-refractivity contribution in [2.75, 3.05) is 6.61 Å². The molecule has 0 aromatic heterocycles. The number of alkyl halides is 5. The Balaban J connectivity index is 1.93. The summed E-state index contributed by atoms with van der Waals surface area (Å²) in [7, 11) is 0. The zero-order valence-corrected chi connectivity index (χ0v) is 16.8. The van der Waals surface area contributed by atoms with Gasteiger partial charge in [0.15, 0.2) is 6.61 Å². The van der Waals surface area contributed by atoms with Gasteiger partial charge in [0.25, 0.3) is 5.91 Å². The zero-order chi connectivity index (χ0) is 23.0. The number of hydrazone groups is 1. The Morgan fingerprint density at radius 1 is 1.13 bits per heavy atom. The third kappa shape index (κ3) is 4.32. The van der Waals surface area contributed by atoms with Gasteiger partial charge in [-0.3, -0.25) is 4.79 Å². The summed E-state index contributed by atoms with van der Waals surface area (Å²) in [5.74, 6) is -7.20. The maximum absolute atomic E-state index is 14.3. The molecule has 166 valence electrons. The molecule has 1 N–H and O–H groups in total. The summed E-state index contributed by atoms with van der Waals surface area (Å²) in [5.41, 5.74) is -4.15. The highest BCUT2D eigenvalue weighted by molar-refractivity contribution is 6.35. The maximum atomic E-state index is 14.3. The molecule has 0 spiro atoms. The molecule has 0 saturated heterocycles. The Labute approximate surface area is 182 Å². The molecule has 3 rings (SSSR count). The van der Waals surface area contributed by atoms with Crippen LogP contribution in [0.5, 0.6) is 5.75 Å². The molecule has 2 aromatic rings. The summed E-state index contributed by atoms with van der Waals surface area (Å²) in [6, 6.07) is 11.3. The molecule has 1 atom stereocenters. The van der Waals surface area contributed by atoms with Gasteiger partial charge in [-0.2, -0.15) is 32.1 Å². The van der Waals surface area contributed by atoms with E-state index in [1.165, 1.54) is 42.5 Å². The lowest BCUT2D eigenvalue weighted by atomic mass is 9.95. The minimum atomic E-state index is -6.15. The number of hydrogen-bond donors (Lipinski definition) is 1. The number of nitrogens with zero attached hydrogens (tertiary/aromatic N) is 2. The minimum absolute atomic E-state index is 0.0221. The number of aliphatic hydroxyl groups is 1. The predicted molar refractivity (Wildman–Crippen MR) is 102 cm³/mol. The van der Waals surface area contributed by atoms with E-state index in [1.54, 1.807) is 6.07 Å². The first kappa shape index (κ1) is 23.2. The first-order valence-corrected chi connectivity index (χ1v) is 9.33. The van der Waals surface area contributed by atoms with Gasteiger partial charge >= 0.3 is 12.1 Å². The van der Waals surface area contributed by atoms with Crippen molar-refractivity contribution in [3.05, 3.63) is 64.1 Å². The molecular formula is C19H13Cl2F5N2O3. The third-order valence-electron chi connectivity index (χ3n) is 4.43. The molecule has 0 radical (unpaired) electrons. The molecule has 5 nitrogen and oxygen atoms in total. The normalized spacial score (nSPS) is 19.4. The van der Waals surface area contributed by atoms with E-state index in [2.05, 4.69) is 5.10 Å². The summed E-state index contributed by atoms with van der Waals surface area (Å²) >= 11 is 11.6. The number of hydrogen-bond acceptors (Lipinski definition) is 4. The summed E-state index contributed by atoms with van der Waals surface area (Å²) < 4.78 is 72.9. The van der Waals surface area contributed by atoms with Crippen LogP contribution in [-0.4, -0.2) is 46.2 Å². The fraction of sp³-hybridized carbons (Fsp3) is 0.263. The van der Waals surface area contributed by atoms with Crippen molar-refractivity contribution < 1.29 is 36.6 Å². The van der Waals surface area contributed by atoms with Crippen LogP contribution in [0.4, 0.5) is 22.0 Å². The van der Waals surface area contributed by atoms with Gasteiger partial charge in [0.05, 0.1) is 10.7 Å². The highest BCUT2D eigenvalue weighted by Crippen LogP contribution is 2.49. The lowest BCUT2D eigenvalue weighted by Crippen LogP contribution is -2.65. The fourth-order valence-corrected chi connectivity index (χ4v) is 3.33. The molecule has 31 heavy (non-hydrogen) atoms. The van der Waals surface area contributed by atoms with Crippen LogP contribution in [-0.2, 0) is 4.79 Å². The predicted octanol–water partition coefficient (Wildman–Crippen LogP) is 4.90. The number of halogens is 7. The SMILES string of the molecule is O=C(COc1ccc(Cl)cc1Cl)N1N=C(c2ccccc2)C[C@]1(O)C(F)(F)C(F)(F)F. The van der Waals surface area contributed by atoms with Gasteiger partial charge in [-0.15, -0.1) is 0 Å². The Hall–Kier alpha value is -2.43. The average Bonchev–Trinajstić information content (AvgIpc) is 3.06. The first-order valence-electron chi connectivity index (χ1n) is 8.57. The monoisotopic (exact) mass is 482 g/mol. The van der Waals surface area contributed by atoms with Crippen LogP contribution in [0.15, 0.2) is 53.6 Å². The van der Waals surface area contributed by atoms with Crippen LogP contribution in [0.1, 0.15) is 12.0 Å². The van der Waals surface area contributed by atoms with Gasteiger partial charge in [0.1, 0.15) is 5.75 Å². The van der Waals surface area contributed by atoms with E-state index in [-0.39, 0.29) is 32.1 Å². The molecule has 12 heteroatoms. The number of carbonyl (C=O) groups is 1. The summed E-state index contributed by atoms with van der Waals surface area (Å²) in [6.45, 7) is -1.02. The number of carbonyl (C=O) groups excluding carboxylic acids is 1. The van der Waals surface area contributed by atoms with E-state index in [9.17, 15) is 31.9 Å². The second-order valence-corrected chi connectivity index (χ2v) is 7.39. The average molecular weight is 483 g/mol. The molecule has 1 heterocycles. The van der Waals surface area contributed by atoms with Crippen LogP contribution < -0.4 is 4.74 Å². The van der Waals surface area contributed by atoms with E-state index >= 15 is 0 Å². The van der Waals surface area contributed by atoms with E-state index in [0.717, 1.165) is 0 Å². The van der Waals surface area contributed by atoms with Crippen molar-refractivity contribution in [1.29, 1.82) is 0 Å². The summed E-state index contributed by atoms with van der Waals surface area (Å²) in [4.78, 5) is 12.5. The van der Waals surface area contributed by atoms with E-state index < -0.39 is 36.8 Å². The van der Waals surface area contributed by atoms with Crippen molar-refractivity contribution >= 4 is 34.8 Å². The lowest BCUT2D eigenvalue weighted by Gasteiger charge is -2.37. The minimum Gasteiger partial charge on any atom is -0.482 e. The van der Waals surface area contributed by atoms with Gasteiger partial charge in [0.2, 0.25) is 5.72 Å². The van der Waals surface area contributed by atoms with Crippen molar-refractivity contribution in [2.45, 2.75) is 24.2 Å². The molecule has 1 aliphatic heterocycles. The molecular weight excluding hydrogens is 470 g/mol. The molecule has 0 bridgehead atoms. The second kappa shape index (κ2) is 8.25. The van der Waals surface area contributed by atoms with E-state index in [4.69, 9.17) is 27.9 Å². The van der Waals surface area contributed by atoms with Gasteiger partial charge in [-0.25, -0.2) is 0 Å². The van der Waals surface area contributed by atoms with Gasteiger partial charge in [-0.05, 0) is 23.8 Å². The smallest absolute Gasteiger partial charge is 0.458 e. The Kier molecular flexibility index (Phi) is 6.18. The maximum Gasteiger partial charge on any atom is 0.458 e. The zero-order valence-electron chi connectivity index (χ0n) is 15.3. The quantitative estimate of drug-likeness (QED) is 0.616. The lowest BCUT2D eigenvalue weighted by molar-refractivity contribution is -0.363.